The van der Waals surface area contributed by atoms with E-state index in [1.54, 1.807) is 23.1 Å². The number of rotatable bonds is 4. The molecule has 3 rings (SSSR count). The average molecular weight is 393 g/mol. The van der Waals surface area contributed by atoms with Gasteiger partial charge in [-0.25, -0.2) is 4.79 Å². The maximum absolute atomic E-state index is 12.5. The molecule has 2 amide bonds. The van der Waals surface area contributed by atoms with Crippen LogP contribution in [0.25, 0.3) is 0 Å². The molecule has 0 saturated carbocycles. The smallest absolute Gasteiger partial charge is 0.338 e. The van der Waals surface area contributed by atoms with E-state index in [1.165, 1.54) is 0 Å². The first kappa shape index (κ1) is 19.7. The van der Waals surface area contributed by atoms with E-state index in [0.717, 1.165) is 25.7 Å². The molecule has 27 heavy (non-hydrogen) atoms. The Bertz CT molecular complexity index is 741. The molecule has 2 fully saturated rings. The minimum Gasteiger partial charge on any atom is -0.452 e. The Balaban J connectivity index is 1.66. The molecule has 0 N–H and O–H groups in total. The van der Waals surface area contributed by atoms with Crippen molar-refractivity contribution in [1.29, 1.82) is 0 Å². The van der Waals surface area contributed by atoms with E-state index >= 15 is 0 Å². The van der Waals surface area contributed by atoms with Gasteiger partial charge in [-0.1, -0.05) is 11.6 Å². The number of carbonyl (C=O) groups excluding carboxylic acids is 3. The molecule has 1 aromatic carbocycles. The average Bonchev–Trinajstić information content (AvgIpc) is 3.05. The van der Waals surface area contributed by atoms with Crippen molar-refractivity contribution in [3.05, 3.63) is 28.8 Å². The lowest BCUT2D eigenvalue weighted by molar-refractivity contribution is -0.140. The van der Waals surface area contributed by atoms with Gasteiger partial charge in [0.15, 0.2) is 6.61 Å². The van der Waals surface area contributed by atoms with Crippen molar-refractivity contribution in [2.24, 2.45) is 0 Å². The van der Waals surface area contributed by atoms with Crippen LogP contribution in [0.2, 0.25) is 5.02 Å². The second-order valence-corrected chi connectivity index (χ2v) is 7.73. The summed E-state index contributed by atoms with van der Waals surface area (Å²) in [5.41, 5.74) is 0.792. The summed E-state index contributed by atoms with van der Waals surface area (Å²) in [5, 5.41) is 0.411. The fourth-order valence-corrected chi connectivity index (χ4v) is 4.17. The van der Waals surface area contributed by atoms with Crippen LogP contribution >= 0.6 is 11.6 Å². The van der Waals surface area contributed by atoms with Gasteiger partial charge in [-0.15, -0.1) is 0 Å². The van der Waals surface area contributed by atoms with Crippen molar-refractivity contribution >= 4 is 35.1 Å². The number of piperidine rings is 1. The number of likely N-dealkylation sites (tertiary alicyclic amines) is 1. The normalized spacial score (nSPS) is 22.9. The van der Waals surface area contributed by atoms with Crippen LogP contribution in [0.5, 0.6) is 0 Å². The fourth-order valence-electron chi connectivity index (χ4n) is 3.95. The maximum Gasteiger partial charge on any atom is 0.338 e. The highest BCUT2D eigenvalue weighted by atomic mass is 35.5. The van der Waals surface area contributed by atoms with Crippen molar-refractivity contribution in [2.45, 2.75) is 58.0 Å². The predicted octanol–water partition coefficient (Wildman–Crippen LogP) is 3.41. The summed E-state index contributed by atoms with van der Waals surface area (Å²) in [6.07, 6.45) is 4.29. The van der Waals surface area contributed by atoms with E-state index < -0.39 is 5.97 Å². The fraction of sp³-hybridized carbons (Fsp3) is 0.550. The lowest BCUT2D eigenvalue weighted by Crippen LogP contribution is -2.49. The molecule has 7 heteroatoms. The summed E-state index contributed by atoms with van der Waals surface area (Å²) in [5.74, 6) is -0.775. The summed E-state index contributed by atoms with van der Waals surface area (Å²) in [7, 11) is 0. The van der Waals surface area contributed by atoms with Gasteiger partial charge in [0.25, 0.3) is 5.91 Å². The molecule has 2 aliphatic heterocycles. The Labute approximate surface area is 164 Å². The molecule has 1 aromatic rings. The van der Waals surface area contributed by atoms with E-state index in [2.05, 4.69) is 0 Å². The second-order valence-electron chi connectivity index (χ2n) is 7.32. The van der Waals surface area contributed by atoms with Crippen molar-refractivity contribution in [3.63, 3.8) is 0 Å². The molecule has 146 valence electrons. The molecular weight excluding hydrogens is 368 g/mol. The first-order valence-electron chi connectivity index (χ1n) is 9.46. The number of esters is 1. The summed E-state index contributed by atoms with van der Waals surface area (Å²) < 4.78 is 5.25. The monoisotopic (exact) mass is 392 g/mol. The van der Waals surface area contributed by atoms with Crippen molar-refractivity contribution in [2.75, 3.05) is 18.1 Å². The highest BCUT2D eigenvalue weighted by Gasteiger charge is 2.30. The zero-order valence-electron chi connectivity index (χ0n) is 15.7. The first-order chi connectivity index (χ1) is 12.9. The van der Waals surface area contributed by atoms with Gasteiger partial charge in [0.1, 0.15) is 0 Å². The van der Waals surface area contributed by atoms with Crippen LogP contribution in [0.15, 0.2) is 18.2 Å². The molecule has 0 bridgehead atoms. The molecule has 0 aromatic heterocycles. The van der Waals surface area contributed by atoms with Gasteiger partial charge in [0.2, 0.25) is 5.91 Å². The number of anilines is 1. The molecule has 0 radical (unpaired) electrons. The van der Waals surface area contributed by atoms with Crippen LogP contribution in [-0.2, 0) is 14.3 Å². The van der Waals surface area contributed by atoms with Gasteiger partial charge in [0.05, 0.1) is 16.3 Å². The molecule has 2 saturated heterocycles. The quantitative estimate of drug-likeness (QED) is 0.736. The number of halogens is 1. The van der Waals surface area contributed by atoms with Gasteiger partial charge >= 0.3 is 5.97 Å². The SMILES string of the molecule is C[C@H]1CCC[C@H](C)N1C(=O)COC(=O)c1ccc(Cl)c(N2CCCC2=O)c1. The zero-order chi connectivity index (χ0) is 19.6. The Hall–Kier alpha value is -2.08. The molecular formula is C20H25ClN2O4. The van der Waals surface area contributed by atoms with Crippen LogP contribution in [-0.4, -0.2) is 47.9 Å². The van der Waals surface area contributed by atoms with E-state index in [4.69, 9.17) is 16.3 Å². The standard InChI is InChI=1S/C20H25ClN2O4/c1-13-5-3-6-14(2)23(13)19(25)12-27-20(26)15-8-9-16(21)17(11-15)22-10-4-7-18(22)24/h8-9,11,13-14H,3-7,10,12H2,1-2H3/t13-,14-/m0/s1. The van der Waals surface area contributed by atoms with E-state index in [-0.39, 0.29) is 36.1 Å². The van der Waals surface area contributed by atoms with Gasteiger partial charge in [-0.3, -0.25) is 9.59 Å². The maximum atomic E-state index is 12.5. The Morgan fingerprint density at radius 1 is 1.19 bits per heavy atom. The predicted molar refractivity (Wildman–Crippen MR) is 103 cm³/mol. The van der Waals surface area contributed by atoms with Crippen molar-refractivity contribution in [1.82, 2.24) is 4.90 Å². The van der Waals surface area contributed by atoms with Crippen LogP contribution in [0.1, 0.15) is 56.3 Å². The van der Waals surface area contributed by atoms with Crippen LogP contribution in [0.3, 0.4) is 0 Å². The summed E-state index contributed by atoms with van der Waals surface area (Å²) in [4.78, 5) is 40.3. The number of nitrogens with zero attached hydrogens (tertiary/aromatic N) is 2. The number of carbonyl (C=O) groups is 3. The number of hydrogen-bond donors (Lipinski definition) is 0. The molecule has 0 aliphatic carbocycles. The third-order valence-electron chi connectivity index (χ3n) is 5.35. The van der Waals surface area contributed by atoms with Crippen LogP contribution < -0.4 is 4.90 Å². The highest BCUT2D eigenvalue weighted by molar-refractivity contribution is 6.34. The minimum atomic E-state index is -0.592. The van der Waals surface area contributed by atoms with Crippen LogP contribution in [0.4, 0.5) is 5.69 Å². The Morgan fingerprint density at radius 2 is 1.89 bits per heavy atom. The molecule has 0 unspecified atom stereocenters. The van der Waals surface area contributed by atoms with Gasteiger partial charge in [0, 0.05) is 25.0 Å². The summed E-state index contributed by atoms with van der Waals surface area (Å²) in [6.45, 7) is 4.34. The summed E-state index contributed by atoms with van der Waals surface area (Å²) in [6, 6.07) is 5.00. The molecule has 2 heterocycles. The van der Waals surface area contributed by atoms with E-state index in [0.29, 0.717) is 23.7 Å². The first-order valence-corrected chi connectivity index (χ1v) is 9.84. The van der Waals surface area contributed by atoms with Crippen LogP contribution in [0, 0.1) is 0 Å². The van der Waals surface area contributed by atoms with Gasteiger partial charge < -0.3 is 14.5 Å². The lowest BCUT2D eigenvalue weighted by atomic mass is 9.97. The Morgan fingerprint density at radius 3 is 2.52 bits per heavy atom. The molecule has 2 aliphatic rings. The zero-order valence-corrected chi connectivity index (χ0v) is 16.5. The number of amides is 2. The topological polar surface area (TPSA) is 66.9 Å². The van der Waals surface area contributed by atoms with Crippen molar-refractivity contribution < 1.29 is 19.1 Å². The Kier molecular flexibility index (Phi) is 6.05. The third-order valence-corrected chi connectivity index (χ3v) is 5.67. The van der Waals surface area contributed by atoms with E-state index in [9.17, 15) is 14.4 Å². The minimum absolute atomic E-state index is 0.00864. The van der Waals surface area contributed by atoms with Gasteiger partial charge in [-0.2, -0.15) is 0 Å². The van der Waals surface area contributed by atoms with Gasteiger partial charge in [-0.05, 0) is 57.7 Å². The third kappa shape index (κ3) is 4.26. The van der Waals surface area contributed by atoms with E-state index in [1.807, 2.05) is 18.7 Å². The molecule has 6 nitrogen and oxygen atoms in total. The van der Waals surface area contributed by atoms with Crippen molar-refractivity contribution in [3.8, 4) is 0 Å². The molecule has 0 spiro atoms. The lowest BCUT2D eigenvalue weighted by Gasteiger charge is -2.38. The largest absolute Gasteiger partial charge is 0.452 e. The number of hydrogen-bond acceptors (Lipinski definition) is 4. The summed E-state index contributed by atoms with van der Waals surface area (Å²) >= 11 is 6.20. The highest BCUT2D eigenvalue weighted by Crippen LogP contribution is 2.30. The number of benzene rings is 1. The molecule has 2 atom stereocenters. The number of ether oxygens (including phenoxy) is 1. The second kappa shape index (κ2) is 8.30.